The number of carbonyl (C=O) groups is 1. The molecule has 0 saturated carbocycles. The molecule has 4 rings (SSSR count). The molecule has 1 aromatic heterocycles. The van der Waals surface area contributed by atoms with Gasteiger partial charge in [-0.05, 0) is 59.5 Å². The zero-order valence-corrected chi connectivity index (χ0v) is 21.9. The number of benzene rings is 3. The number of thiophene rings is 1. The van der Waals surface area contributed by atoms with Gasteiger partial charge in [0.05, 0.1) is 11.3 Å². The number of sulfonamides is 1. The van der Waals surface area contributed by atoms with E-state index in [0.29, 0.717) is 16.1 Å². The molecule has 2 N–H and O–H groups in total. The van der Waals surface area contributed by atoms with Gasteiger partial charge in [-0.1, -0.05) is 48.0 Å². The predicted molar refractivity (Wildman–Crippen MR) is 142 cm³/mol. The minimum atomic E-state index is -4.71. The third kappa shape index (κ3) is 6.86. The van der Waals surface area contributed by atoms with Crippen molar-refractivity contribution in [2.24, 2.45) is 0 Å². The second-order valence-corrected chi connectivity index (χ2v) is 12.1. The summed E-state index contributed by atoms with van der Waals surface area (Å²) in [4.78, 5) is 13.9. The molecule has 0 radical (unpaired) electrons. The SMILES string of the molecule is O=C(Nc1ccc(Cl)cc1C(F)(F)F)C(Sc1ccc(NS(=O)(=O)c2cccs2)cc1)c1ccccc1. The van der Waals surface area contributed by atoms with E-state index < -0.39 is 38.6 Å². The Hall–Kier alpha value is -2.99. The summed E-state index contributed by atoms with van der Waals surface area (Å²) < 4.78 is 68.1. The molecule has 0 fully saturated rings. The van der Waals surface area contributed by atoms with Gasteiger partial charge >= 0.3 is 6.18 Å². The Labute approximate surface area is 224 Å². The van der Waals surface area contributed by atoms with Crippen molar-refractivity contribution in [1.82, 2.24) is 0 Å². The average Bonchev–Trinajstić information content (AvgIpc) is 3.41. The summed E-state index contributed by atoms with van der Waals surface area (Å²) in [5, 5.41) is 3.05. The van der Waals surface area contributed by atoms with Crippen LogP contribution < -0.4 is 10.0 Å². The monoisotopic (exact) mass is 582 g/mol. The summed E-state index contributed by atoms with van der Waals surface area (Å²) >= 11 is 7.95. The Morgan fingerprint density at radius 3 is 2.27 bits per heavy atom. The number of hydrogen-bond donors (Lipinski definition) is 2. The van der Waals surface area contributed by atoms with Gasteiger partial charge in [0.25, 0.3) is 10.0 Å². The van der Waals surface area contributed by atoms with E-state index in [4.69, 9.17) is 11.6 Å². The Kier molecular flexibility index (Phi) is 8.17. The fraction of sp³-hybridized carbons (Fsp3) is 0.0800. The van der Waals surface area contributed by atoms with Crippen LogP contribution in [-0.4, -0.2) is 14.3 Å². The van der Waals surface area contributed by atoms with E-state index in [9.17, 15) is 26.4 Å². The van der Waals surface area contributed by atoms with Gasteiger partial charge in [-0.2, -0.15) is 13.2 Å². The van der Waals surface area contributed by atoms with Crippen molar-refractivity contribution in [2.75, 3.05) is 10.0 Å². The Bertz CT molecular complexity index is 1480. The van der Waals surface area contributed by atoms with Crippen molar-refractivity contribution in [3.8, 4) is 0 Å². The van der Waals surface area contributed by atoms with Crippen LogP contribution in [0.25, 0.3) is 0 Å². The van der Waals surface area contributed by atoms with Gasteiger partial charge in [0.15, 0.2) is 0 Å². The molecule has 0 saturated heterocycles. The minimum absolute atomic E-state index is 0.103. The number of thioether (sulfide) groups is 1. The average molecular weight is 583 g/mol. The van der Waals surface area contributed by atoms with Gasteiger partial charge in [0, 0.05) is 15.6 Å². The number of halogens is 4. The zero-order valence-electron chi connectivity index (χ0n) is 18.7. The van der Waals surface area contributed by atoms with E-state index in [1.54, 1.807) is 66.0 Å². The number of nitrogens with one attached hydrogen (secondary N) is 2. The second-order valence-electron chi connectivity index (χ2n) is 7.65. The van der Waals surface area contributed by atoms with Crippen LogP contribution in [-0.2, 0) is 21.0 Å². The van der Waals surface area contributed by atoms with Crippen molar-refractivity contribution in [3.63, 3.8) is 0 Å². The van der Waals surface area contributed by atoms with Crippen LogP contribution in [0.1, 0.15) is 16.4 Å². The van der Waals surface area contributed by atoms with Crippen molar-refractivity contribution < 1.29 is 26.4 Å². The first kappa shape index (κ1) is 27.1. The van der Waals surface area contributed by atoms with Crippen LogP contribution in [0, 0.1) is 0 Å². The van der Waals surface area contributed by atoms with Gasteiger partial charge in [-0.3, -0.25) is 9.52 Å². The molecule has 3 aromatic carbocycles. The standard InChI is InChI=1S/C25H18ClF3N2O3S3/c26-17-8-13-21(20(15-17)25(27,28)29)30-24(32)23(16-5-2-1-3-6-16)36-19-11-9-18(10-12-19)31-37(33,34)22-7-4-14-35-22/h1-15,23,31H,(H,30,32). The van der Waals surface area contributed by atoms with E-state index in [1.807, 2.05) is 0 Å². The first-order valence-electron chi connectivity index (χ1n) is 10.6. The zero-order chi connectivity index (χ0) is 26.6. The van der Waals surface area contributed by atoms with Crippen LogP contribution in [0.2, 0.25) is 5.02 Å². The number of anilines is 2. The number of alkyl halides is 3. The largest absolute Gasteiger partial charge is 0.418 e. The molecule has 0 spiro atoms. The lowest BCUT2D eigenvalue weighted by molar-refractivity contribution is -0.137. The number of hydrogen-bond acceptors (Lipinski definition) is 5. The molecule has 1 unspecified atom stereocenters. The van der Waals surface area contributed by atoms with Gasteiger partial charge in [0.1, 0.15) is 9.46 Å². The normalized spacial score (nSPS) is 12.6. The summed E-state index contributed by atoms with van der Waals surface area (Å²) in [5.74, 6) is -0.661. The maximum atomic E-state index is 13.5. The van der Waals surface area contributed by atoms with E-state index in [-0.39, 0.29) is 9.23 Å². The summed E-state index contributed by atoms with van der Waals surface area (Å²) in [6, 6.07) is 21.2. The molecule has 0 aliphatic rings. The first-order valence-corrected chi connectivity index (χ1v) is 14.2. The summed E-state index contributed by atoms with van der Waals surface area (Å²) in [7, 11) is -3.72. The number of rotatable bonds is 8. The predicted octanol–water partition coefficient (Wildman–Crippen LogP) is 7.69. The molecule has 4 aromatic rings. The highest BCUT2D eigenvalue weighted by Gasteiger charge is 2.35. The van der Waals surface area contributed by atoms with Crippen LogP contribution >= 0.6 is 34.7 Å². The highest BCUT2D eigenvalue weighted by atomic mass is 35.5. The van der Waals surface area contributed by atoms with E-state index >= 15 is 0 Å². The lowest BCUT2D eigenvalue weighted by Crippen LogP contribution is -2.21. The first-order chi connectivity index (χ1) is 17.5. The van der Waals surface area contributed by atoms with Crippen molar-refractivity contribution >= 4 is 62.0 Å². The fourth-order valence-electron chi connectivity index (χ4n) is 3.32. The van der Waals surface area contributed by atoms with E-state index in [1.165, 1.54) is 12.1 Å². The van der Waals surface area contributed by atoms with Crippen molar-refractivity contribution in [2.45, 2.75) is 20.5 Å². The quantitative estimate of drug-likeness (QED) is 0.209. The molecule has 0 aliphatic heterocycles. The minimum Gasteiger partial charge on any atom is -0.324 e. The van der Waals surface area contributed by atoms with Crippen LogP contribution in [0.3, 0.4) is 0 Å². The van der Waals surface area contributed by atoms with Crippen LogP contribution in [0.5, 0.6) is 0 Å². The molecule has 1 amide bonds. The Morgan fingerprint density at radius 1 is 0.946 bits per heavy atom. The molecular formula is C25H18ClF3N2O3S3. The molecule has 192 valence electrons. The molecule has 1 atom stereocenters. The van der Waals surface area contributed by atoms with Crippen LogP contribution in [0.4, 0.5) is 24.5 Å². The molecule has 0 aliphatic carbocycles. The maximum absolute atomic E-state index is 13.5. The molecular weight excluding hydrogens is 565 g/mol. The van der Waals surface area contributed by atoms with Gasteiger partial charge < -0.3 is 5.32 Å². The molecule has 12 heteroatoms. The summed E-state index contributed by atoms with van der Waals surface area (Å²) in [6.45, 7) is 0. The molecule has 0 bridgehead atoms. The third-order valence-electron chi connectivity index (χ3n) is 5.01. The molecule has 37 heavy (non-hydrogen) atoms. The van der Waals surface area contributed by atoms with Crippen molar-refractivity contribution in [1.29, 1.82) is 0 Å². The van der Waals surface area contributed by atoms with Gasteiger partial charge in [0.2, 0.25) is 5.91 Å². The van der Waals surface area contributed by atoms with Gasteiger partial charge in [-0.15, -0.1) is 23.1 Å². The smallest absolute Gasteiger partial charge is 0.324 e. The maximum Gasteiger partial charge on any atom is 0.418 e. The Morgan fingerprint density at radius 2 is 1.65 bits per heavy atom. The lowest BCUT2D eigenvalue weighted by atomic mass is 10.1. The lowest BCUT2D eigenvalue weighted by Gasteiger charge is -2.19. The van der Waals surface area contributed by atoms with E-state index in [2.05, 4.69) is 10.0 Å². The van der Waals surface area contributed by atoms with Crippen LogP contribution in [0.15, 0.2) is 99.4 Å². The molecule has 5 nitrogen and oxygen atoms in total. The van der Waals surface area contributed by atoms with Crippen molar-refractivity contribution in [3.05, 3.63) is 106 Å². The highest BCUT2D eigenvalue weighted by molar-refractivity contribution is 8.00. The van der Waals surface area contributed by atoms with E-state index in [0.717, 1.165) is 35.2 Å². The summed E-state index contributed by atoms with van der Waals surface area (Å²) in [5.41, 5.74) is -0.543. The Balaban J connectivity index is 1.57. The van der Waals surface area contributed by atoms with Gasteiger partial charge in [-0.25, -0.2) is 8.42 Å². The number of carbonyl (C=O) groups excluding carboxylic acids is 1. The highest BCUT2D eigenvalue weighted by Crippen LogP contribution is 2.40. The summed E-state index contributed by atoms with van der Waals surface area (Å²) in [6.07, 6.45) is -4.71. The topological polar surface area (TPSA) is 75.3 Å². The fourth-order valence-corrected chi connectivity index (χ4v) is 6.57. The molecule has 1 heterocycles. The second kappa shape index (κ2) is 11.2. The third-order valence-corrected chi connectivity index (χ3v) is 9.29. The number of amides is 1.